The highest BCUT2D eigenvalue weighted by molar-refractivity contribution is 7.27. The van der Waals surface area contributed by atoms with Crippen molar-refractivity contribution in [3.05, 3.63) is 22.4 Å². The lowest BCUT2D eigenvalue weighted by molar-refractivity contribution is 0.0684. The number of thiophene rings is 2. The van der Waals surface area contributed by atoms with E-state index in [0.717, 1.165) is 24.4 Å². The zero-order valence-electron chi connectivity index (χ0n) is 12.1. The normalized spacial score (nSPS) is 18.4. The van der Waals surface area contributed by atoms with Crippen LogP contribution in [0.3, 0.4) is 0 Å². The number of carbonyl (C=O) groups is 1. The number of nitrogens with zero attached hydrogens (tertiary/aromatic N) is 1. The smallest absolute Gasteiger partial charge is 0.264 e. The molecule has 0 spiro atoms. The quantitative estimate of drug-likeness (QED) is 0.888. The largest absolute Gasteiger partial charge is 0.383 e. The second-order valence-corrected chi connectivity index (χ2v) is 7.33. The number of hydrogen-bond donors (Lipinski definition) is 1. The first-order valence-corrected chi connectivity index (χ1v) is 8.96. The van der Waals surface area contributed by atoms with Crippen LogP contribution in [-0.4, -0.2) is 50.2 Å². The van der Waals surface area contributed by atoms with Crippen LogP contribution in [0.5, 0.6) is 0 Å². The van der Waals surface area contributed by atoms with Crippen LogP contribution < -0.4 is 5.32 Å². The van der Waals surface area contributed by atoms with Gasteiger partial charge in [-0.1, -0.05) is 0 Å². The molecule has 1 N–H and O–H groups in total. The highest BCUT2D eigenvalue weighted by atomic mass is 32.1. The first kappa shape index (κ1) is 15.0. The van der Waals surface area contributed by atoms with Crippen LogP contribution in [0, 0.1) is 0 Å². The lowest BCUT2D eigenvalue weighted by Crippen LogP contribution is -2.42. The molecule has 1 fully saturated rings. The van der Waals surface area contributed by atoms with E-state index in [1.807, 2.05) is 11.0 Å². The predicted octanol–water partition coefficient (Wildman–Crippen LogP) is 2.80. The van der Waals surface area contributed by atoms with E-state index in [2.05, 4.69) is 16.8 Å². The minimum absolute atomic E-state index is 0.133. The molecule has 3 heterocycles. The van der Waals surface area contributed by atoms with Crippen LogP contribution in [0.2, 0.25) is 0 Å². The van der Waals surface area contributed by atoms with Crippen LogP contribution >= 0.6 is 22.7 Å². The highest BCUT2D eigenvalue weighted by Crippen LogP contribution is 2.30. The maximum Gasteiger partial charge on any atom is 0.264 e. The molecule has 0 saturated carbocycles. The zero-order valence-corrected chi connectivity index (χ0v) is 13.8. The molecule has 1 aliphatic rings. The number of hydrogen-bond acceptors (Lipinski definition) is 5. The van der Waals surface area contributed by atoms with Crippen molar-refractivity contribution in [2.75, 3.05) is 33.4 Å². The van der Waals surface area contributed by atoms with Gasteiger partial charge in [0.25, 0.3) is 5.91 Å². The Hall–Kier alpha value is -0.950. The number of nitrogens with one attached hydrogen (secondary N) is 1. The lowest BCUT2D eigenvalue weighted by atomic mass is 10.2. The average molecular weight is 324 g/mol. The van der Waals surface area contributed by atoms with Crippen molar-refractivity contribution in [3.63, 3.8) is 0 Å². The summed E-state index contributed by atoms with van der Waals surface area (Å²) in [5, 5.41) is 5.53. The number of fused-ring (bicyclic) bond motifs is 1. The van der Waals surface area contributed by atoms with Gasteiger partial charge >= 0.3 is 0 Å². The highest BCUT2D eigenvalue weighted by Gasteiger charge is 2.23. The molecule has 2 aromatic rings. The van der Waals surface area contributed by atoms with Crippen molar-refractivity contribution in [2.45, 2.75) is 18.9 Å². The molecule has 6 heteroatoms. The monoisotopic (exact) mass is 324 g/mol. The number of carbonyl (C=O) groups excluding carboxylic acids is 1. The van der Waals surface area contributed by atoms with Gasteiger partial charge < -0.3 is 15.0 Å². The molecule has 1 atom stereocenters. The molecule has 0 aliphatic carbocycles. The van der Waals surface area contributed by atoms with Crippen molar-refractivity contribution in [3.8, 4) is 0 Å². The first-order chi connectivity index (χ1) is 10.3. The third-order valence-corrected chi connectivity index (χ3v) is 5.89. The molecular weight excluding hydrogens is 304 g/mol. The summed E-state index contributed by atoms with van der Waals surface area (Å²) in [6.07, 6.45) is 2.35. The molecule has 1 amide bonds. The minimum Gasteiger partial charge on any atom is -0.383 e. The van der Waals surface area contributed by atoms with Crippen molar-refractivity contribution in [1.29, 1.82) is 0 Å². The third kappa shape index (κ3) is 3.45. The van der Waals surface area contributed by atoms with E-state index in [9.17, 15) is 4.79 Å². The summed E-state index contributed by atoms with van der Waals surface area (Å²) in [4.78, 5) is 15.5. The Kier molecular flexibility index (Phi) is 4.90. The molecule has 4 nitrogen and oxygen atoms in total. The molecule has 2 aromatic heterocycles. The van der Waals surface area contributed by atoms with E-state index in [-0.39, 0.29) is 5.91 Å². The zero-order chi connectivity index (χ0) is 14.7. The van der Waals surface area contributed by atoms with Gasteiger partial charge in [-0.05, 0) is 36.9 Å². The van der Waals surface area contributed by atoms with E-state index in [1.165, 1.54) is 15.8 Å². The molecule has 0 radical (unpaired) electrons. The number of ether oxygens (including phenoxy) is 1. The molecule has 21 heavy (non-hydrogen) atoms. The summed E-state index contributed by atoms with van der Waals surface area (Å²) in [7, 11) is 1.68. The molecule has 1 saturated heterocycles. The van der Waals surface area contributed by atoms with Gasteiger partial charge in [0, 0.05) is 35.6 Å². The van der Waals surface area contributed by atoms with Gasteiger partial charge in [-0.3, -0.25) is 4.79 Å². The van der Waals surface area contributed by atoms with Crippen molar-refractivity contribution in [1.82, 2.24) is 10.2 Å². The average Bonchev–Trinajstić information content (AvgIpc) is 3.18. The Balaban J connectivity index is 1.73. The number of methoxy groups -OCH3 is 1. The van der Waals surface area contributed by atoms with Crippen molar-refractivity contribution < 1.29 is 9.53 Å². The van der Waals surface area contributed by atoms with Crippen LogP contribution in [0.25, 0.3) is 9.40 Å². The lowest BCUT2D eigenvalue weighted by Gasteiger charge is -2.25. The molecule has 114 valence electrons. The van der Waals surface area contributed by atoms with Crippen LogP contribution in [-0.2, 0) is 4.74 Å². The Morgan fingerprint density at radius 2 is 2.43 bits per heavy atom. The van der Waals surface area contributed by atoms with Crippen LogP contribution in [0.1, 0.15) is 22.5 Å². The van der Waals surface area contributed by atoms with Crippen LogP contribution in [0.15, 0.2) is 17.5 Å². The van der Waals surface area contributed by atoms with Gasteiger partial charge in [-0.25, -0.2) is 0 Å². The summed E-state index contributed by atoms with van der Waals surface area (Å²) in [6.45, 7) is 3.07. The van der Waals surface area contributed by atoms with Gasteiger partial charge in [0.2, 0.25) is 0 Å². The third-order valence-electron chi connectivity index (χ3n) is 3.81. The van der Waals surface area contributed by atoms with Crippen molar-refractivity contribution >= 4 is 38.0 Å². The summed E-state index contributed by atoms with van der Waals surface area (Å²) in [5.41, 5.74) is 0. The molecule has 3 rings (SSSR count). The fourth-order valence-electron chi connectivity index (χ4n) is 2.68. The van der Waals surface area contributed by atoms with Gasteiger partial charge in [0.1, 0.15) is 0 Å². The Labute approximate surface area is 132 Å². The fourth-order valence-corrected chi connectivity index (χ4v) is 4.76. The topological polar surface area (TPSA) is 41.6 Å². The van der Waals surface area contributed by atoms with Crippen LogP contribution in [0.4, 0.5) is 0 Å². The Morgan fingerprint density at radius 1 is 1.52 bits per heavy atom. The Bertz CT molecular complexity index is 573. The van der Waals surface area contributed by atoms with E-state index in [4.69, 9.17) is 4.74 Å². The molecule has 0 bridgehead atoms. The maximum absolute atomic E-state index is 12.8. The molecule has 0 aromatic carbocycles. The minimum atomic E-state index is 0.133. The summed E-state index contributed by atoms with van der Waals surface area (Å²) < 4.78 is 7.56. The van der Waals surface area contributed by atoms with E-state index < -0.39 is 0 Å². The fraction of sp³-hybridized carbons (Fsp3) is 0.533. The summed E-state index contributed by atoms with van der Waals surface area (Å²) >= 11 is 3.28. The summed E-state index contributed by atoms with van der Waals surface area (Å²) in [6, 6.07) is 4.53. The first-order valence-electron chi connectivity index (χ1n) is 7.26. The molecular formula is C15H20N2O2S2. The second-order valence-electron chi connectivity index (χ2n) is 5.30. The number of rotatable bonds is 6. The number of amides is 1. The van der Waals surface area contributed by atoms with Gasteiger partial charge in [-0.2, -0.15) is 0 Å². The molecule has 1 unspecified atom stereocenters. The van der Waals surface area contributed by atoms with Gasteiger partial charge in [0.05, 0.1) is 11.5 Å². The maximum atomic E-state index is 12.8. The van der Waals surface area contributed by atoms with E-state index in [1.54, 1.807) is 29.8 Å². The van der Waals surface area contributed by atoms with Crippen molar-refractivity contribution in [2.24, 2.45) is 0 Å². The van der Waals surface area contributed by atoms with E-state index >= 15 is 0 Å². The second kappa shape index (κ2) is 6.87. The van der Waals surface area contributed by atoms with Gasteiger partial charge in [-0.15, -0.1) is 22.7 Å². The summed E-state index contributed by atoms with van der Waals surface area (Å²) in [5.74, 6) is 0.133. The van der Waals surface area contributed by atoms with E-state index in [0.29, 0.717) is 19.2 Å². The standard InChI is InChI=1S/C15H20N2O2S2/c1-19-7-6-17(10-11-3-2-5-16-11)15(18)14-9-13-12(21-14)4-8-20-13/h4,8-9,11,16H,2-3,5-7,10H2,1H3. The van der Waals surface area contributed by atoms with Gasteiger partial charge in [0.15, 0.2) is 0 Å². The molecule has 1 aliphatic heterocycles. The SMILES string of the molecule is COCCN(CC1CCCN1)C(=O)c1cc2sccc2s1. The predicted molar refractivity (Wildman–Crippen MR) is 88.5 cm³/mol. The Morgan fingerprint density at radius 3 is 3.14 bits per heavy atom.